The van der Waals surface area contributed by atoms with Crippen molar-refractivity contribution in [2.24, 2.45) is 0 Å². The molecule has 1 aliphatic rings. The lowest BCUT2D eigenvalue weighted by Gasteiger charge is -2.32. The molecule has 1 fully saturated rings. The van der Waals surface area contributed by atoms with Crippen molar-refractivity contribution >= 4 is 45.4 Å². The molecule has 8 nitrogen and oxygen atoms in total. The van der Waals surface area contributed by atoms with Gasteiger partial charge in [-0.15, -0.1) is 0 Å². The Morgan fingerprint density at radius 3 is 2.52 bits per heavy atom. The lowest BCUT2D eigenvalue weighted by molar-refractivity contribution is -0.132. The molecule has 0 aliphatic carbocycles. The highest BCUT2D eigenvalue weighted by Gasteiger charge is 2.23. The number of carbonyl (C=O) groups excluding carboxylic acids is 3. The highest BCUT2D eigenvalue weighted by Crippen LogP contribution is 2.27. The van der Waals surface area contributed by atoms with Crippen LogP contribution in [0, 0.1) is 0 Å². The third-order valence-electron chi connectivity index (χ3n) is 4.92. The van der Waals surface area contributed by atoms with Crippen LogP contribution in [0.5, 0.6) is 5.75 Å². The number of carbonyl (C=O) groups is 3. The SMILES string of the molecule is CC(C)(C)OC(=O)NCCC(=O)NC1CCN(C(=O)CCCOc2ccc(Br)cc2Cl)CC1. The van der Waals surface area contributed by atoms with Gasteiger partial charge in [-0.05, 0) is 58.2 Å². The predicted molar refractivity (Wildman–Crippen MR) is 130 cm³/mol. The summed E-state index contributed by atoms with van der Waals surface area (Å²) in [6.07, 6.45) is 2.08. The monoisotopic (exact) mass is 545 g/mol. The van der Waals surface area contributed by atoms with E-state index in [-0.39, 0.29) is 30.8 Å². The summed E-state index contributed by atoms with van der Waals surface area (Å²) >= 11 is 9.47. The minimum absolute atomic E-state index is 0.0333. The fourth-order valence-corrected chi connectivity index (χ4v) is 4.05. The smallest absolute Gasteiger partial charge is 0.407 e. The van der Waals surface area contributed by atoms with Gasteiger partial charge in [0.25, 0.3) is 0 Å². The minimum atomic E-state index is -0.571. The number of ether oxygens (including phenoxy) is 2. The Balaban J connectivity index is 1.58. The highest BCUT2D eigenvalue weighted by atomic mass is 79.9. The van der Waals surface area contributed by atoms with Crippen molar-refractivity contribution in [1.82, 2.24) is 15.5 Å². The third kappa shape index (κ3) is 10.6. The number of nitrogens with zero attached hydrogens (tertiary/aromatic N) is 1. The second kappa shape index (κ2) is 13.0. The summed E-state index contributed by atoms with van der Waals surface area (Å²) in [5, 5.41) is 6.08. The standard InChI is InChI=1S/C23H33BrClN3O5/c1-23(2,3)33-22(31)26-11-8-20(29)27-17-9-12-28(13-10-17)21(30)5-4-14-32-19-7-6-16(24)15-18(19)25/h6-7,15,17H,4-5,8-14H2,1-3H3,(H,26,31)(H,27,29). The van der Waals surface area contributed by atoms with E-state index in [1.807, 2.05) is 11.0 Å². The second-order valence-electron chi connectivity index (χ2n) is 8.93. The van der Waals surface area contributed by atoms with Crippen molar-refractivity contribution in [3.05, 3.63) is 27.7 Å². The fourth-order valence-electron chi connectivity index (χ4n) is 3.32. The van der Waals surface area contributed by atoms with Crippen LogP contribution in [0.2, 0.25) is 5.02 Å². The van der Waals surface area contributed by atoms with Crippen molar-refractivity contribution < 1.29 is 23.9 Å². The van der Waals surface area contributed by atoms with Gasteiger partial charge >= 0.3 is 6.09 Å². The zero-order valence-electron chi connectivity index (χ0n) is 19.4. The summed E-state index contributed by atoms with van der Waals surface area (Å²) in [6.45, 7) is 7.19. The average Bonchev–Trinajstić information content (AvgIpc) is 2.71. The number of nitrogens with one attached hydrogen (secondary N) is 2. The lowest BCUT2D eigenvalue weighted by atomic mass is 10.0. The number of hydrogen-bond acceptors (Lipinski definition) is 5. The Labute approximate surface area is 208 Å². The maximum atomic E-state index is 12.5. The van der Waals surface area contributed by atoms with E-state index >= 15 is 0 Å². The summed E-state index contributed by atoms with van der Waals surface area (Å²) in [7, 11) is 0. The Bertz CT molecular complexity index is 823. The summed E-state index contributed by atoms with van der Waals surface area (Å²) in [4.78, 5) is 38.0. The van der Waals surface area contributed by atoms with Crippen LogP contribution in [0.15, 0.2) is 22.7 Å². The average molecular weight is 547 g/mol. The molecule has 2 N–H and O–H groups in total. The maximum absolute atomic E-state index is 12.5. The van der Waals surface area contributed by atoms with Crippen LogP contribution in [0.25, 0.3) is 0 Å². The number of hydrogen-bond donors (Lipinski definition) is 2. The Morgan fingerprint density at radius 2 is 1.88 bits per heavy atom. The topological polar surface area (TPSA) is 97.0 Å². The summed E-state index contributed by atoms with van der Waals surface area (Å²) in [5.74, 6) is 0.566. The molecule has 0 bridgehead atoms. The largest absolute Gasteiger partial charge is 0.492 e. The molecule has 10 heteroatoms. The minimum Gasteiger partial charge on any atom is -0.492 e. The first-order chi connectivity index (χ1) is 15.5. The molecule has 1 saturated heterocycles. The van der Waals surface area contributed by atoms with Crippen molar-refractivity contribution in [2.45, 2.75) is 64.5 Å². The molecule has 184 valence electrons. The first kappa shape index (κ1) is 27.2. The van der Waals surface area contributed by atoms with E-state index in [1.54, 1.807) is 32.9 Å². The predicted octanol–water partition coefficient (Wildman–Crippen LogP) is 4.28. The molecule has 1 aromatic carbocycles. The Hall–Kier alpha value is -2.00. The van der Waals surface area contributed by atoms with E-state index in [2.05, 4.69) is 26.6 Å². The number of likely N-dealkylation sites (tertiary alicyclic amines) is 1. The van der Waals surface area contributed by atoms with Gasteiger partial charge in [0, 0.05) is 43.0 Å². The molecule has 1 aliphatic heterocycles. The molecule has 0 aromatic heterocycles. The van der Waals surface area contributed by atoms with Crippen LogP contribution >= 0.6 is 27.5 Å². The number of alkyl carbamates (subject to hydrolysis) is 1. The quantitative estimate of drug-likeness (QED) is 0.451. The number of benzene rings is 1. The number of halogens is 2. The number of piperidine rings is 1. The van der Waals surface area contributed by atoms with Gasteiger partial charge in [-0.25, -0.2) is 4.79 Å². The van der Waals surface area contributed by atoms with E-state index in [4.69, 9.17) is 21.1 Å². The van der Waals surface area contributed by atoms with Crippen LogP contribution in [0.4, 0.5) is 4.79 Å². The van der Waals surface area contributed by atoms with Crippen LogP contribution < -0.4 is 15.4 Å². The first-order valence-electron chi connectivity index (χ1n) is 11.2. The van der Waals surface area contributed by atoms with Crippen LogP contribution in [0.3, 0.4) is 0 Å². The third-order valence-corrected chi connectivity index (χ3v) is 5.71. The Kier molecular flexibility index (Phi) is 10.8. The van der Waals surface area contributed by atoms with Crippen molar-refractivity contribution in [2.75, 3.05) is 26.2 Å². The normalized spacial score (nSPS) is 14.5. The van der Waals surface area contributed by atoms with Crippen LogP contribution in [0.1, 0.15) is 52.9 Å². The molecule has 33 heavy (non-hydrogen) atoms. The maximum Gasteiger partial charge on any atom is 0.407 e. The summed E-state index contributed by atoms with van der Waals surface area (Å²) < 4.78 is 11.7. The van der Waals surface area contributed by atoms with Crippen LogP contribution in [-0.4, -0.2) is 60.7 Å². The first-order valence-corrected chi connectivity index (χ1v) is 12.3. The fraction of sp³-hybridized carbons (Fsp3) is 0.609. The number of amides is 3. The van der Waals surface area contributed by atoms with E-state index < -0.39 is 11.7 Å². The van der Waals surface area contributed by atoms with E-state index in [9.17, 15) is 14.4 Å². The molecule has 0 unspecified atom stereocenters. The summed E-state index contributed by atoms with van der Waals surface area (Å²) in [5.41, 5.74) is -0.571. The second-order valence-corrected chi connectivity index (χ2v) is 10.3. The zero-order chi connectivity index (χ0) is 24.4. The summed E-state index contributed by atoms with van der Waals surface area (Å²) in [6, 6.07) is 5.45. The van der Waals surface area contributed by atoms with Crippen molar-refractivity contribution in [3.63, 3.8) is 0 Å². The molecule has 1 aromatic rings. The molecule has 1 heterocycles. The van der Waals surface area contributed by atoms with E-state index in [1.165, 1.54) is 0 Å². The molecule has 0 atom stereocenters. The van der Waals surface area contributed by atoms with Gasteiger partial charge in [-0.3, -0.25) is 9.59 Å². The number of rotatable bonds is 9. The van der Waals surface area contributed by atoms with E-state index in [0.717, 1.165) is 4.47 Å². The Morgan fingerprint density at radius 1 is 1.18 bits per heavy atom. The van der Waals surface area contributed by atoms with Gasteiger partial charge in [0.2, 0.25) is 11.8 Å². The molecule has 0 saturated carbocycles. The van der Waals surface area contributed by atoms with Gasteiger partial charge in [-0.2, -0.15) is 0 Å². The van der Waals surface area contributed by atoms with E-state index in [0.29, 0.717) is 56.2 Å². The molecule has 2 rings (SSSR count). The molecule has 0 spiro atoms. The van der Waals surface area contributed by atoms with Gasteiger partial charge < -0.3 is 25.0 Å². The lowest BCUT2D eigenvalue weighted by Crippen LogP contribution is -2.47. The van der Waals surface area contributed by atoms with Gasteiger partial charge in [0.15, 0.2) is 0 Å². The van der Waals surface area contributed by atoms with Crippen molar-refractivity contribution in [3.8, 4) is 5.75 Å². The highest BCUT2D eigenvalue weighted by molar-refractivity contribution is 9.10. The molecule has 0 radical (unpaired) electrons. The zero-order valence-corrected chi connectivity index (χ0v) is 21.8. The van der Waals surface area contributed by atoms with Gasteiger partial charge in [0.05, 0.1) is 11.6 Å². The van der Waals surface area contributed by atoms with Crippen LogP contribution in [-0.2, 0) is 14.3 Å². The van der Waals surface area contributed by atoms with Crippen molar-refractivity contribution in [1.29, 1.82) is 0 Å². The van der Waals surface area contributed by atoms with Gasteiger partial charge in [0.1, 0.15) is 11.4 Å². The molecule has 3 amide bonds. The molecular weight excluding hydrogens is 514 g/mol. The molecular formula is C23H33BrClN3O5. The van der Waals surface area contributed by atoms with Gasteiger partial charge in [-0.1, -0.05) is 27.5 Å².